The second kappa shape index (κ2) is 16.9. The van der Waals surface area contributed by atoms with Gasteiger partial charge in [-0.05, 0) is 156 Å². The van der Waals surface area contributed by atoms with E-state index >= 15 is 0 Å². The van der Waals surface area contributed by atoms with Crippen molar-refractivity contribution >= 4 is 41.0 Å². The number of hydrogen-bond acceptors (Lipinski definition) is 4. The Bertz CT molecular complexity index is 821. The molecule has 0 amide bonds. The van der Waals surface area contributed by atoms with Gasteiger partial charge in [0.15, 0.2) is 0 Å². The highest BCUT2D eigenvalue weighted by Crippen LogP contribution is 2.48. The zero-order valence-corrected chi connectivity index (χ0v) is 27.6. The van der Waals surface area contributed by atoms with Crippen molar-refractivity contribution < 1.29 is 39.6 Å². The van der Waals surface area contributed by atoms with Crippen molar-refractivity contribution in [2.75, 3.05) is 24.6 Å². The summed E-state index contributed by atoms with van der Waals surface area (Å²) in [4.78, 5) is 46.3. The van der Waals surface area contributed by atoms with Gasteiger partial charge in [-0.2, -0.15) is 0 Å². The number of rotatable bonds is 18. The summed E-state index contributed by atoms with van der Waals surface area (Å²) in [6, 6.07) is 0. The van der Waals surface area contributed by atoms with Crippen LogP contribution in [0.3, 0.4) is 0 Å². The van der Waals surface area contributed by atoms with E-state index < -0.39 is 23.9 Å². The fourth-order valence-corrected chi connectivity index (χ4v) is 12.1. The zero-order chi connectivity index (χ0) is 30.9. The smallest absolute Gasteiger partial charge is 0.306 e. The van der Waals surface area contributed by atoms with Crippen LogP contribution in [0.5, 0.6) is 0 Å². The maximum Gasteiger partial charge on any atom is 0.306 e. The van der Waals surface area contributed by atoms with Crippen molar-refractivity contribution in [1.82, 2.24) is 0 Å². The monoisotopic (exact) mass is 640 g/mol. The summed E-state index contributed by atoms with van der Waals surface area (Å²) < 4.78 is 0. The van der Waals surface area contributed by atoms with Crippen LogP contribution in [0.1, 0.15) is 96.3 Å². The Kier molecular flexibility index (Phi) is 13.6. The predicted octanol–water partition coefficient (Wildman–Crippen LogP) is 6.75. The summed E-state index contributed by atoms with van der Waals surface area (Å²) in [7, 11) is 1.80. The van der Waals surface area contributed by atoms with Crippen molar-refractivity contribution in [3.8, 4) is 0 Å². The normalized spacial score (nSPS) is 34.4. The van der Waals surface area contributed by atoms with E-state index in [9.17, 15) is 39.6 Å². The molecule has 0 aromatic carbocycles. The van der Waals surface area contributed by atoms with Crippen LogP contribution in [0.15, 0.2) is 0 Å². The summed E-state index contributed by atoms with van der Waals surface area (Å²) in [5.74, 6) is -0.990. The third-order valence-corrected chi connectivity index (χ3v) is 14.4. The predicted molar refractivity (Wildman–Crippen MR) is 171 cm³/mol. The van der Waals surface area contributed by atoms with E-state index in [1.807, 2.05) is 0 Å². The lowest BCUT2D eigenvalue weighted by Crippen LogP contribution is -2.23. The van der Waals surface area contributed by atoms with Gasteiger partial charge in [-0.3, -0.25) is 19.2 Å². The molecule has 10 atom stereocenters. The number of hydrogen-bond donors (Lipinski definition) is 4. The van der Waals surface area contributed by atoms with Gasteiger partial charge in [-0.1, -0.05) is 0 Å². The van der Waals surface area contributed by atoms with Crippen LogP contribution in [0.2, 0.25) is 0 Å². The first-order valence-electron chi connectivity index (χ1n) is 17.0. The number of carboxylic acid groups (broad SMARTS) is 4. The number of carbonyl (C=O) groups is 4. The van der Waals surface area contributed by atoms with E-state index in [1.54, 1.807) is 0 Å². The lowest BCUT2D eigenvalue weighted by Gasteiger charge is -2.30. The summed E-state index contributed by atoms with van der Waals surface area (Å²) in [6.07, 6.45) is 18.2. The molecular weight excluding hydrogens is 586 g/mol. The minimum atomic E-state index is -0.675. The summed E-state index contributed by atoms with van der Waals surface area (Å²) in [5.41, 5.74) is 0. The molecule has 4 saturated carbocycles. The zero-order valence-electron chi connectivity index (χ0n) is 25.6. The minimum Gasteiger partial charge on any atom is -0.481 e. The first-order valence-corrected chi connectivity index (χ1v) is 19.8. The SMILES string of the molecule is O=C(O)C1CCC(C(CCPCCCPCCC(C2CCC(C(=O)O)C2)C2CCC(C(=O)O)C2)C2CCC(C(=O)O)C2)C1. The van der Waals surface area contributed by atoms with Crippen LogP contribution in [0, 0.1) is 59.2 Å². The third-order valence-electron chi connectivity index (χ3n) is 11.7. The quantitative estimate of drug-likeness (QED) is 0.0950. The summed E-state index contributed by atoms with van der Waals surface area (Å²) in [6.45, 7) is 0. The number of aliphatic carboxylic acids is 4. The van der Waals surface area contributed by atoms with Crippen LogP contribution < -0.4 is 0 Å². The highest BCUT2D eigenvalue weighted by Gasteiger charge is 2.42. The van der Waals surface area contributed by atoms with E-state index in [0.29, 0.717) is 35.5 Å². The van der Waals surface area contributed by atoms with Crippen molar-refractivity contribution in [3.05, 3.63) is 0 Å². The van der Waals surface area contributed by atoms with E-state index in [1.165, 1.54) is 18.7 Å². The van der Waals surface area contributed by atoms with E-state index in [0.717, 1.165) is 119 Å². The van der Waals surface area contributed by atoms with Gasteiger partial charge in [0, 0.05) is 0 Å². The lowest BCUT2D eigenvalue weighted by atomic mass is 9.77. The second-order valence-electron chi connectivity index (χ2n) is 14.2. The highest BCUT2D eigenvalue weighted by molar-refractivity contribution is 7.39. The molecule has 0 aliphatic heterocycles. The van der Waals surface area contributed by atoms with Gasteiger partial charge >= 0.3 is 23.9 Å². The van der Waals surface area contributed by atoms with Crippen molar-refractivity contribution in [2.24, 2.45) is 59.2 Å². The molecule has 4 rings (SSSR count). The summed E-state index contributed by atoms with van der Waals surface area (Å²) >= 11 is 0. The highest BCUT2D eigenvalue weighted by atomic mass is 31.1. The van der Waals surface area contributed by atoms with Gasteiger partial charge in [-0.15, -0.1) is 17.2 Å². The Morgan fingerprint density at radius 1 is 0.465 bits per heavy atom. The Morgan fingerprint density at radius 3 is 0.977 bits per heavy atom. The molecular formula is C33H54O8P2. The van der Waals surface area contributed by atoms with Crippen molar-refractivity contribution in [1.29, 1.82) is 0 Å². The molecule has 0 radical (unpaired) electrons. The van der Waals surface area contributed by atoms with Crippen molar-refractivity contribution in [2.45, 2.75) is 96.3 Å². The molecule has 0 aromatic heterocycles. The van der Waals surface area contributed by atoms with Crippen LogP contribution in [-0.2, 0) is 19.2 Å². The van der Waals surface area contributed by atoms with Gasteiger partial charge in [0.25, 0.3) is 0 Å². The average Bonchev–Trinajstić information content (AvgIpc) is 3.78. The van der Waals surface area contributed by atoms with Crippen LogP contribution in [0.25, 0.3) is 0 Å². The van der Waals surface area contributed by atoms with Gasteiger partial charge in [0.2, 0.25) is 0 Å². The van der Waals surface area contributed by atoms with E-state index in [2.05, 4.69) is 0 Å². The molecule has 0 heterocycles. The maximum atomic E-state index is 11.6. The number of carboxylic acids is 4. The standard InChI is InChI=1S/C33H54O8P2/c34-30(35)24-6-2-20(16-24)28(21-3-7-25(17-21)31(36)37)10-14-42-12-1-13-43-15-11-29(22-4-8-26(18-22)32(38)39)23-5-9-27(19-23)33(40)41/h20-29,42-43H,1-19H2,(H,34,35)(H,36,37)(H,38,39)(H,40,41). The van der Waals surface area contributed by atoms with Crippen molar-refractivity contribution in [3.63, 3.8) is 0 Å². The Morgan fingerprint density at radius 2 is 0.744 bits per heavy atom. The fourth-order valence-electron chi connectivity index (χ4n) is 9.36. The largest absolute Gasteiger partial charge is 0.481 e. The van der Waals surface area contributed by atoms with Gasteiger partial charge < -0.3 is 20.4 Å². The lowest BCUT2D eigenvalue weighted by molar-refractivity contribution is -0.142. The molecule has 0 saturated heterocycles. The Hall–Kier alpha value is -1.26. The molecule has 4 aliphatic carbocycles. The molecule has 8 nitrogen and oxygen atoms in total. The molecule has 4 fully saturated rings. The molecule has 4 N–H and O–H groups in total. The topological polar surface area (TPSA) is 149 Å². The molecule has 4 aliphatic rings. The van der Waals surface area contributed by atoms with E-state index in [4.69, 9.17) is 0 Å². The summed E-state index contributed by atoms with van der Waals surface area (Å²) in [5, 5.41) is 38.0. The molecule has 0 bridgehead atoms. The first kappa shape index (κ1) is 34.6. The van der Waals surface area contributed by atoms with E-state index in [-0.39, 0.29) is 23.7 Å². The maximum absolute atomic E-state index is 11.6. The van der Waals surface area contributed by atoms with Gasteiger partial charge in [0.1, 0.15) is 0 Å². The third kappa shape index (κ3) is 9.86. The Balaban J connectivity index is 1.16. The second-order valence-corrected chi connectivity index (χ2v) is 17.2. The first-order chi connectivity index (χ1) is 20.6. The molecule has 0 spiro atoms. The van der Waals surface area contributed by atoms with Crippen LogP contribution >= 0.6 is 17.2 Å². The molecule has 43 heavy (non-hydrogen) atoms. The average molecular weight is 641 g/mol. The van der Waals surface area contributed by atoms with Gasteiger partial charge in [0.05, 0.1) is 23.7 Å². The van der Waals surface area contributed by atoms with Crippen LogP contribution in [0.4, 0.5) is 0 Å². The Labute approximate surface area is 260 Å². The molecule has 244 valence electrons. The molecule has 0 aromatic rings. The molecule has 10 unspecified atom stereocenters. The molecule has 10 heteroatoms. The minimum absolute atomic E-state index is 0.230. The van der Waals surface area contributed by atoms with Gasteiger partial charge in [-0.25, -0.2) is 0 Å². The fraction of sp³-hybridized carbons (Fsp3) is 0.879. The van der Waals surface area contributed by atoms with Crippen LogP contribution in [-0.4, -0.2) is 69.0 Å².